The van der Waals surface area contributed by atoms with Crippen LogP contribution in [0.1, 0.15) is 36.7 Å². The molecule has 0 bridgehead atoms. The third-order valence-electron chi connectivity index (χ3n) is 2.54. The number of nitrogens with zero attached hydrogens (tertiary/aromatic N) is 3. The van der Waals surface area contributed by atoms with Crippen LogP contribution >= 0.6 is 11.3 Å². The zero-order chi connectivity index (χ0) is 13.3. The van der Waals surface area contributed by atoms with Gasteiger partial charge in [-0.05, 0) is 20.8 Å². The number of ether oxygens (including phenoxy) is 1. The third-order valence-corrected chi connectivity index (χ3v) is 3.65. The Balaban J connectivity index is 1.85. The fourth-order valence-corrected chi connectivity index (χ4v) is 2.43. The Morgan fingerprint density at radius 1 is 1.50 bits per heavy atom. The maximum atomic E-state index is 11.7. The van der Waals surface area contributed by atoms with Crippen molar-refractivity contribution in [2.24, 2.45) is 5.73 Å². The van der Waals surface area contributed by atoms with Gasteiger partial charge in [0.2, 0.25) is 0 Å². The monoisotopic (exact) mass is 270 g/mol. The maximum absolute atomic E-state index is 11.7. The van der Waals surface area contributed by atoms with Crippen molar-refractivity contribution in [2.45, 2.75) is 38.8 Å². The minimum atomic E-state index is -0.447. The van der Waals surface area contributed by atoms with Gasteiger partial charge in [-0.15, -0.1) is 10.2 Å². The normalized spacial score (nSPS) is 16.6. The molecule has 2 N–H and O–H groups in total. The number of likely N-dealkylation sites (tertiary alicyclic amines) is 1. The average Bonchev–Trinajstić information content (AvgIpc) is 2.60. The third kappa shape index (κ3) is 2.97. The highest BCUT2D eigenvalue weighted by Crippen LogP contribution is 2.30. The van der Waals surface area contributed by atoms with Gasteiger partial charge >= 0.3 is 6.09 Å². The fourth-order valence-electron chi connectivity index (χ4n) is 1.62. The molecule has 0 unspecified atom stereocenters. The van der Waals surface area contributed by atoms with E-state index in [0.29, 0.717) is 19.6 Å². The van der Waals surface area contributed by atoms with Crippen molar-refractivity contribution in [1.29, 1.82) is 0 Å². The minimum Gasteiger partial charge on any atom is -0.444 e. The molecule has 0 aliphatic carbocycles. The zero-order valence-electron chi connectivity index (χ0n) is 10.8. The minimum absolute atomic E-state index is 0.262. The second-order valence-corrected chi connectivity index (χ2v) is 6.41. The lowest BCUT2D eigenvalue weighted by atomic mass is 10.0. The molecule has 0 spiro atoms. The van der Waals surface area contributed by atoms with E-state index in [1.807, 2.05) is 20.8 Å². The Bertz CT molecular complexity index is 434. The molecular formula is C11H18N4O2S. The summed E-state index contributed by atoms with van der Waals surface area (Å²) in [6, 6.07) is 0. The number of amides is 1. The van der Waals surface area contributed by atoms with E-state index in [2.05, 4.69) is 10.2 Å². The van der Waals surface area contributed by atoms with Gasteiger partial charge in [-0.3, -0.25) is 0 Å². The lowest BCUT2D eigenvalue weighted by Crippen LogP contribution is -2.50. The van der Waals surface area contributed by atoms with Crippen molar-refractivity contribution in [2.75, 3.05) is 13.1 Å². The van der Waals surface area contributed by atoms with Crippen LogP contribution in [0.2, 0.25) is 0 Å². The predicted molar refractivity (Wildman–Crippen MR) is 68.3 cm³/mol. The molecule has 1 saturated heterocycles. The molecule has 1 aliphatic heterocycles. The van der Waals surface area contributed by atoms with Crippen LogP contribution in [0.25, 0.3) is 0 Å². The summed E-state index contributed by atoms with van der Waals surface area (Å²) < 4.78 is 5.29. The van der Waals surface area contributed by atoms with Crippen LogP contribution in [0.5, 0.6) is 0 Å². The summed E-state index contributed by atoms with van der Waals surface area (Å²) in [5, 5.41) is 9.85. The van der Waals surface area contributed by atoms with E-state index in [1.54, 1.807) is 4.90 Å². The zero-order valence-corrected chi connectivity index (χ0v) is 11.7. The van der Waals surface area contributed by atoms with Gasteiger partial charge < -0.3 is 15.4 Å². The Morgan fingerprint density at radius 2 is 2.17 bits per heavy atom. The molecule has 18 heavy (non-hydrogen) atoms. The predicted octanol–water partition coefficient (Wildman–Crippen LogP) is 1.33. The standard InChI is InChI=1S/C11H18N4O2S/c1-11(2,3)17-10(16)15-5-7(6-15)9-14-13-8(4-12)18-9/h7H,4-6,12H2,1-3H3. The molecule has 1 amide bonds. The van der Waals surface area contributed by atoms with Gasteiger partial charge in [0.1, 0.15) is 15.6 Å². The molecule has 2 heterocycles. The van der Waals surface area contributed by atoms with Gasteiger partial charge in [0.15, 0.2) is 0 Å². The van der Waals surface area contributed by atoms with Crippen LogP contribution < -0.4 is 5.73 Å². The van der Waals surface area contributed by atoms with Gasteiger partial charge in [0, 0.05) is 25.6 Å². The summed E-state index contributed by atoms with van der Waals surface area (Å²) in [7, 11) is 0. The van der Waals surface area contributed by atoms with Gasteiger partial charge in [-0.2, -0.15) is 0 Å². The summed E-state index contributed by atoms with van der Waals surface area (Å²) in [6.07, 6.45) is -0.262. The molecule has 6 nitrogen and oxygen atoms in total. The molecule has 100 valence electrons. The molecule has 2 rings (SSSR count). The highest BCUT2D eigenvalue weighted by molar-refractivity contribution is 7.11. The van der Waals surface area contributed by atoms with Crippen LogP contribution in [0.4, 0.5) is 4.79 Å². The number of nitrogens with two attached hydrogens (primary N) is 1. The first-order valence-corrected chi connectivity index (χ1v) is 6.71. The lowest BCUT2D eigenvalue weighted by Gasteiger charge is -2.38. The fraction of sp³-hybridized carbons (Fsp3) is 0.727. The number of carbonyl (C=O) groups is 1. The Kier molecular flexibility index (Phi) is 3.54. The Hall–Kier alpha value is -1.21. The first kappa shape index (κ1) is 13.2. The first-order valence-electron chi connectivity index (χ1n) is 5.89. The SMILES string of the molecule is CC(C)(C)OC(=O)N1CC(c2nnc(CN)s2)C1. The van der Waals surface area contributed by atoms with Gasteiger partial charge in [-0.25, -0.2) is 4.79 Å². The van der Waals surface area contributed by atoms with E-state index < -0.39 is 5.60 Å². The van der Waals surface area contributed by atoms with Crippen molar-refractivity contribution >= 4 is 17.4 Å². The Morgan fingerprint density at radius 3 is 2.67 bits per heavy atom. The molecule has 1 aromatic heterocycles. The van der Waals surface area contributed by atoms with Crippen LogP contribution in [-0.2, 0) is 11.3 Å². The molecule has 7 heteroatoms. The summed E-state index contributed by atoms with van der Waals surface area (Å²) in [4.78, 5) is 13.4. The topological polar surface area (TPSA) is 81.3 Å². The van der Waals surface area contributed by atoms with Gasteiger partial charge in [0.05, 0.1) is 0 Å². The van der Waals surface area contributed by atoms with Crippen LogP contribution in [-0.4, -0.2) is 39.9 Å². The van der Waals surface area contributed by atoms with E-state index in [9.17, 15) is 4.79 Å². The van der Waals surface area contributed by atoms with Crippen LogP contribution in [0.15, 0.2) is 0 Å². The number of carbonyl (C=O) groups excluding carboxylic acids is 1. The first-order chi connectivity index (χ1) is 8.39. The molecule has 0 aromatic carbocycles. The molecule has 0 radical (unpaired) electrons. The molecule has 1 fully saturated rings. The van der Waals surface area contributed by atoms with Crippen molar-refractivity contribution in [3.8, 4) is 0 Å². The van der Waals surface area contributed by atoms with Crippen molar-refractivity contribution in [3.05, 3.63) is 10.0 Å². The van der Waals surface area contributed by atoms with Gasteiger partial charge in [-0.1, -0.05) is 11.3 Å². The van der Waals surface area contributed by atoms with E-state index in [-0.39, 0.29) is 12.0 Å². The number of hydrogen-bond acceptors (Lipinski definition) is 6. The van der Waals surface area contributed by atoms with Crippen molar-refractivity contribution in [3.63, 3.8) is 0 Å². The van der Waals surface area contributed by atoms with Crippen LogP contribution in [0, 0.1) is 0 Å². The number of rotatable bonds is 2. The van der Waals surface area contributed by atoms with Crippen molar-refractivity contribution in [1.82, 2.24) is 15.1 Å². The van der Waals surface area contributed by atoms with E-state index in [0.717, 1.165) is 10.0 Å². The van der Waals surface area contributed by atoms with Gasteiger partial charge in [0.25, 0.3) is 0 Å². The molecular weight excluding hydrogens is 252 g/mol. The number of hydrogen-bond donors (Lipinski definition) is 1. The average molecular weight is 270 g/mol. The second-order valence-electron chi connectivity index (χ2n) is 5.32. The highest BCUT2D eigenvalue weighted by Gasteiger charge is 2.36. The Labute approximate surface area is 110 Å². The summed E-state index contributed by atoms with van der Waals surface area (Å²) >= 11 is 1.52. The largest absolute Gasteiger partial charge is 0.444 e. The van der Waals surface area contributed by atoms with Crippen molar-refractivity contribution < 1.29 is 9.53 Å². The summed E-state index contributed by atoms with van der Waals surface area (Å²) in [6.45, 7) is 7.30. The molecule has 0 atom stereocenters. The number of aromatic nitrogens is 2. The lowest BCUT2D eigenvalue weighted by molar-refractivity contribution is 0.00813. The van der Waals surface area contributed by atoms with E-state index in [4.69, 9.17) is 10.5 Å². The molecule has 1 aromatic rings. The second kappa shape index (κ2) is 4.81. The maximum Gasteiger partial charge on any atom is 0.410 e. The van der Waals surface area contributed by atoms with E-state index in [1.165, 1.54) is 11.3 Å². The van der Waals surface area contributed by atoms with E-state index >= 15 is 0 Å². The highest BCUT2D eigenvalue weighted by atomic mass is 32.1. The summed E-state index contributed by atoms with van der Waals surface area (Å²) in [5.74, 6) is 0.273. The quantitative estimate of drug-likeness (QED) is 0.876. The summed E-state index contributed by atoms with van der Waals surface area (Å²) in [5.41, 5.74) is 5.04. The smallest absolute Gasteiger partial charge is 0.410 e. The molecule has 1 aliphatic rings. The van der Waals surface area contributed by atoms with Crippen LogP contribution in [0.3, 0.4) is 0 Å². The molecule has 0 saturated carbocycles.